The molecule has 1 heteroatoms. The highest BCUT2D eigenvalue weighted by Gasteiger charge is 2.01. The van der Waals surface area contributed by atoms with E-state index >= 15 is 0 Å². The molecule has 1 aliphatic heterocycles. The van der Waals surface area contributed by atoms with Gasteiger partial charge in [0, 0.05) is 18.3 Å². The maximum atomic E-state index is 4.19. The zero-order chi connectivity index (χ0) is 5.98. The van der Waals surface area contributed by atoms with E-state index in [1.807, 2.05) is 6.21 Å². The zero-order valence-electron chi connectivity index (χ0n) is 5.44. The second-order valence-corrected chi connectivity index (χ2v) is 2.10. The largest absolute Gasteiger partial charge is 0.265 e. The number of hydrogen-bond donors (Lipinski definition) is 0. The molecule has 0 aromatic carbocycles. The monoisotopic (exact) mass is 109 g/mol. The third-order valence-electron chi connectivity index (χ3n) is 1.47. The van der Waals surface area contributed by atoms with E-state index in [0.29, 0.717) is 0 Å². The molecule has 44 valence electrons. The van der Waals surface area contributed by atoms with Gasteiger partial charge >= 0.3 is 0 Å². The summed E-state index contributed by atoms with van der Waals surface area (Å²) < 4.78 is 0. The van der Waals surface area contributed by atoms with E-state index < -0.39 is 0 Å². The van der Waals surface area contributed by atoms with Crippen LogP contribution in [0.1, 0.15) is 26.7 Å². The molecule has 0 aliphatic carbocycles. The molecule has 0 fully saturated rings. The highest BCUT2D eigenvalue weighted by molar-refractivity contribution is 5.66. The quantitative estimate of drug-likeness (QED) is 0.489. The number of hydrogen-bond acceptors (Lipinski definition) is 1. The van der Waals surface area contributed by atoms with E-state index in [0.717, 1.165) is 12.8 Å². The number of rotatable bonds is 1. The van der Waals surface area contributed by atoms with Crippen molar-refractivity contribution in [3.63, 3.8) is 0 Å². The van der Waals surface area contributed by atoms with E-state index in [1.165, 1.54) is 11.3 Å². The van der Waals surface area contributed by atoms with Crippen molar-refractivity contribution in [2.45, 2.75) is 26.7 Å². The molecule has 1 nitrogen and oxygen atoms in total. The molecule has 0 amide bonds. The van der Waals surface area contributed by atoms with Crippen molar-refractivity contribution in [3.05, 3.63) is 11.3 Å². The van der Waals surface area contributed by atoms with Gasteiger partial charge in [-0.2, -0.15) is 0 Å². The van der Waals surface area contributed by atoms with Crippen molar-refractivity contribution in [2.75, 3.05) is 0 Å². The summed E-state index contributed by atoms with van der Waals surface area (Å²) in [6.45, 7) is 4.29. The minimum atomic E-state index is 1.07. The first-order chi connectivity index (χ1) is 3.84. The van der Waals surface area contributed by atoms with Crippen molar-refractivity contribution in [1.29, 1.82) is 0 Å². The third-order valence-corrected chi connectivity index (χ3v) is 1.47. The number of nitrogens with zero attached hydrogens (tertiary/aromatic N) is 1. The van der Waals surface area contributed by atoms with Crippen molar-refractivity contribution < 1.29 is 0 Å². The van der Waals surface area contributed by atoms with Gasteiger partial charge in [0.25, 0.3) is 0 Å². The fraction of sp³-hybridized carbons (Fsp3) is 0.571. The first-order valence-electron chi connectivity index (χ1n) is 3.05. The normalized spacial score (nSPS) is 18.2. The minimum Gasteiger partial charge on any atom is -0.265 e. The van der Waals surface area contributed by atoms with Crippen molar-refractivity contribution >= 4 is 6.21 Å². The molecule has 0 N–H and O–H groups in total. The van der Waals surface area contributed by atoms with Crippen LogP contribution in [0, 0.1) is 0 Å². The van der Waals surface area contributed by atoms with Gasteiger partial charge in [-0.3, -0.25) is 4.99 Å². The van der Waals surface area contributed by atoms with Crippen LogP contribution in [0.5, 0.6) is 0 Å². The lowest BCUT2D eigenvalue weighted by atomic mass is 10.2. The zero-order valence-corrected chi connectivity index (χ0v) is 5.44. The van der Waals surface area contributed by atoms with Crippen LogP contribution in [-0.2, 0) is 0 Å². The SMILES string of the molecule is CCC1=C(C)CC=N1. The van der Waals surface area contributed by atoms with Crippen molar-refractivity contribution in [1.82, 2.24) is 0 Å². The lowest BCUT2D eigenvalue weighted by molar-refractivity contribution is 1.04. The van der Waals surface area contributed by atoms with Gasteiger partial charge in [-0.1, -0.05) is 6.92 Å². The fourth-order valence-corrected chi connectivity index (χ4v) is 0.914. The summed E-state index contributed by atoms with van der Waals surface area (Å²) in [5.41, 5.74) is 2.72. The van der Waals surface area contributed by atoms with Crippen LogP contribution in [0.15, 0.2) is 16.3 Å². The molecular weight excluding hydrogens is 98.1 g/mol. The second-order valence-electron chi connectivity index (χ2n) is 2.10. The van der Waals surface area contributed by atoms with E-state index in [9.17, 15) is 0 Å². The first kappa shape index (κ1) is 5.54. The predicted molar refractivity (Wildman–Crippen MR) is 36.1 cm³/mol. The summed E-state index contributed by atoms with van der Waals surface area (Å²) in [6.07, 6.45) is 4.14. The molecule has 0 bridgehead atoms. The Labute approximate surface area is 50.1 Å². The van der Waals surface area contributed by atoms with E-state index in [1.54, 1.807) is 0 Å². The van der Waals surface area contributed by atoms with Crippen LogP contribution in [0.25, 0.3) is 0 Å². The Kier molecular flexibility index (Phi) is 1.47. The van der Waals surface area contributed by atoms with Crippen molar-refractivity contribution in [3.8, 4) is 0 Å². The Morgan fingerprint density at radius 1 is 1.75 bits per heavy atom. The Balaban J connectivity index is 2.70. The lowest BCUT2D eigenvalue weighted by Crippen LogP contribution is -1.73. The van der Waals surface area contributed by atoms with Gasteiger partial charge in [-0.25, -0.2) is 0 Å². The third kappa shape index (κ3) is 0.808. The first-order valence-corrected chi connectivity index (χ1v) is 3.05. The van der Waals surface area contributed by atoms with Gasteiger partial charge in [0.2, 0.25) is 0 Å². The molecule has 0 saturated heterocycles. The fourth-order valence-electron chi connectivity index (χ4n) is 0.914. The predicted octanol–water partition coefficient (Wildman–Crippen LogP) is 2.14. The molecule has 0 radical (unpaired) electrons. The van der Waals surface area contributed by atoms with Gasteiger partial charge in [-0.05, 0) is 18.9 Å². The molecule has 0 unspecified atom stereocenters. The van der Waals surface area contributed by atoms with E-state index in [2.05, 4.69) is 18.8 Å². The Morgan fingerprint density at radius 3 is 2.75 bits per heavy atom. The standard InChI is InChI=1S/C7H11N/c1-3-7-6(2)4-5-8-7/h5H,3-4H2,1-2H3. The summed E-state index contributed by atoms with van der Waals surface area (Å²) in [7, 11) is 0. The molecule has 0 aromatic rings. The summed E-state index contributed by atoms with van der Waals surface area (Å²) in [6, 6.07) is 0. The Hall–Kier alpha value is -0.590. The molecular formula is C7H11N. The van der Waals surface area contributed by atoms with Crippen LogP contribution in [0.3, 0.4) is 0 Å². The van der Waals surface area contributed by atoms with Crippen LogP contribution in [-0.4, -0.2) is 6.21 Å². The van der Waals surface area contributed by atoms with E-state index in [4.69, 9.17) is 0 Å². The molecule has 1 heterocycles. The molecule has 0 atom stereocenters. The lowest BCUT2D eigenvalue weighted by Gasteiger charge is -1.91. The van der Waals surface area contributed by atoms with Crippen LogP contribution < -0.4 is 0 Å². The summed E-state index contributed by atoms with van der Waals surface area (Å²) in [5.74, 6) is 0. The smallest absolute Gasteiger partial charge is 0.0390 e. The topological polar surface area (TPSA) is 12.4 Å². The molecule has 1 rings (SSSR count). The van der Waals surface area contributed by atoms with Gasteiger partial charge in [-0.15, -0.1) is 0 Å². The van der Waals surface area contributed by atoms with Crippen LogP contribution >= 0.6 is 0 Å². The van der Waals surface area contributed by atoms with Gasteiger partial charge in [0.1, 0.15) is 0 Å². The molecule has 0 saturated carbocycles. The summed E-state index contributed by atoms with van der Waals surface area (Å²) in [4.78, 5) is 4.19. The van der Waals surface area contributed by atoms with Gasteiger partial charge in [0.05, 0.1) is 0 Å². The summed E-state index contributed by atoms with van der Waals surface area (Å²) >= 11 is 0. The summed E-state index contributed by atoms with van der Waals surface area (Å²) in [5, 5.41) is 0. The average Bonchev–Trinajstić information content (AvgIpc) is 2.14. The van der Waals surface area contributed by atoms with E-state index in [-0.39, 0.29) is 0 Å². The average molecular weight is 109 g/mol. The maximum Gasteiger partial charge on any atom is 0.0390 e. The number of allylic oxidation sites excluding steroid dienone is 2. The molecule has 8 heavy (non-hydrogen) atoms. The number of aliphatic imine (C=N–C) groups is 1. The Morgan fingerprint density at radius 2 is 2.50 bits per heavy atom. The maximum absolute atomic E-state index is 4.19. The molecule has 1 aliphatic rings. The van der Waals surface area contributed by atoms with Crippen molar-refractivity contribution in [2.24, 2.45) is 4.99 Å². The molecule has 0 aromatic heterocycles. The van der Waals surface area contributed by atoms with Gasteiger partial charge in [0.15, 0.2) is 0 Å². The second kappa shape index (κ2) is 2.12. The van der Waals surface area contributed by atoms with Gasteiger partial charge < -0.3 is 0 Å². The Bertz CT molecular complexity index is 142. The highest BCUT2D eigenvalue weighted by atomic mass is 14.8. The highest BCUT2D eigenvalue weighted by Crippen LogP contribution is 2.16. The van der Waals surface area contributed by atoms with Crippen LogP contribution in [0.2, 0.25) is 0 Å². The minimum absolute atomic E-state index is 1.07. The van der Waals surface area contributed by atoms with Crippen LogP contribution in [0.4, 0.5) is 0 Å². The molecule has 0 spiro atoms.